The summed E-state index contributed by atoms with van der Waals surface area (Å²) in [4.78, 5) is 12.0. The van der Waals surface area contributed by atoms with Crippen LogP contribution >= 0.6 is 0 Å². The maximum atomic E-state index is 12.0. The van der Waals surface area contributed by atoms with Crippen molar-refractivity contribution < 1.29 is 9.53 Å². The number of aryl methyl sites for hydroxylation is 1. The second-order valence-electron chi connectivity index (χ2n) is 6.11. The van der Waals surface area contributed by atoms with Gasteiger partial charge in [0.1, 0.15) is 5.75 Å². The van der Waals surface area contributed by atoms with Gasteiger partial charge in [-0.2, -0.15) is 0 Å². The Bertz CT molecular complexity index is 686. The monoisotopic (exact) mass is 280 g/mol. The van der Waals surface area contributed by atoms with E-state index in [1.165, 1.54) is 16.7 Å². The molecule has 0 fully saturated rings. The van der Waals surface area contributed by atoms with Crippen LogP contribution in [0.1, 0.15) is 25.0 Å². The zero-order valence-electron chi connectivity index (χ0n) is 12.7. The van der Waals surface area contributed by atoms with E-state index >= 15 is 0 Å². The number of hydrogen-bond acceptors (Lipinski definition) is 2. The molecule has 0 amide bonds. The molecular formula is C19H20O2. The molecule has 0 unspecified atom stereocenters. The van der Waals surface area contributed by atoms with Crippen LogP contribution in [0.25, 0.3) is 11.1 Å². The van der Waals surface area contributed by atoms with Crippen LogP contribution in [-0.4, -0.2) is 5.97 Å². The Labute approximate surface area is 125 Å². The largest absolute Gasteiger partial charge is 0.426 e. The van der Waals surface area contributed by atoms with E-state index in [0.29, 0.717) is 11.7 Å². The maximum Gasteiger partial charge on any atom is 0.314 e. The molecule has 2 heteroatoms. The number of benzene rings is 2. The highest BCUT2D eigenvalue weighted by Gasteiger charge is 2.30. The first-order valence-electron chi connectivity index (χ1n) is 7.47. The lowest BCUT2D eigenvalue weighted by Crippen LogP contribution is -2.31. The average molecular weight is 280 g/mol. The minimum atomic E-state index is -0.0962. The Kier molecular flexibility index (Phi) is 3.54. The number of carbonyl (C=O) groups is 1. The van der Waals surface area contributed by atoms with Gasteiger partial charge in [0, 0.05) is 0 Å². The van der Waals surface area contributed by atoms with Crippen molar-refractivity contribution in [2.75, 3.05) is 0 Å². The van der Waals surface area contributed by atoms with Crippen LogP contribution < -0.4 is 4.74 Å². The van der Waals surface area contributed by atoms with Gasteiger partial charge in [-0.25, -0.2) is 0 Å². The molecular weight excluding hydrogens is 260 g/mol. The predicted molar refractivity (Wildman–Crippen MR) is 84.3 cm³/mol. The van der Waals surface area contributed by atoms with Gasteiger partial charge in [0.25, 0.3) is 0 Å². The summed E-state index contributed by atoms with van der Waals surface area (Å²) < 4.78 is 5.49. The van der Waals surface area contributed by atoms with Gasteiger partial charge < -0.3 is 4.74 Å². The third-order valence-electron chi connectivity index (χ3n) is 4.27. The molecule has 0 saturated carbocycles. The van der Waals surface area contributed by atoms with Gasteiger partial charge in [-0.3, -0.25) is 4.79 Å². The smallest absolute Gasteiger partial charge is 0.314 e. The van der Waals surface area contributed by atoms with Crippen molar-refractivity contribution in [3.05, 3.63) is 53.6 Å². The zero-order valence-corrected chi connectivity index (χ0v) is 12.7. The fourth-order valence-electron chi connectivity index (χ4n) is 2.92. The summed E-state index contributed by atoms with van der Waals surface area (Å²) in [5, 5.41) is 0. The SMILES string of the molecule is Cc1ccccc1-c1ccc2c(c1)C[C@@H](C(C)C)C(=O)O2. The van der Waals surface area contributed by atoms with Crippen LogP contribution in [0, 0.1) is 18.8 Å². The van der Waals surface area contributed by atoms with Gasteiger partial charge in [0.2, 0.25) is 0 Å². The second kappa shape index (κ2) is 5.36. The highest BCUT2D eigenvalue weighted by molar-refractivity contribution is 5.79. The summed E-state index contributed by atoms with van der Waals surface area (Å²) in [6.45, 7) is 6.26. The Morgan fingerprint density at radius 2 is 1.90 bits per heavy atom. The summed E-state index contributed by atoms with van der Waals surface area (Å²) in [5.41, 5.74) is 4.81. The number of fused-ring (bicyclic) bond motifs is 1. The topological polar surface area (TPSA) is 26.3 Å². The number of rotatable bonds is 2. The number of carbonyl (C=O) groups excluding carboxylic acids is 1. The van der Waals surface area contributed by atoms with Gasteiger partial charge >= 0.3 is 5.97 Å². The van der Waals surface area contributed by atoms with Gasteiger partial charge in [0.15, 0.2) is 0 Å². The molecule has 0 N–H and O–H groups in total. The molecule has 0 spiro atoms. The first-order valence-corrected chi connectivity index (χ1v) is 7.47. The molecule has 108 valence electrons. The van der Waals surface area contributed by atoms with Crippen LogP contribution in [0.4, 0.5) is 0 Å². The van der Waals surface area contributed by atoms with Gasteiger partial charge in [-0.15, -0.1) is 0 Å². The van der Waals surface area contributed by atoms with Crippen molar-refractivity contribution in [3.8, 4) is 16.9 Å². The van der Waals surface area contributed by atoms with E-state index in [1.54, 1.807) is 0 Å². The zero-order chi connectivity index (χ0) is 15.0. The van der Waals surface area contributed by atoms with Crippen LogP contribution in [-0.2, 0) is 11.2 Å². The molecule has 1 aliphatic heterocycles. The number of hydrogen-bond donors (Lipinski definition) is 0. The third-order valence-corrected chi connectivity index (χ3v) is 4.27. The molecule has 3 rings (SSSR count). The first kappa shape index (κ1) is 13.9. The van der Waals surface area contributed by atoms with Gasteiger partial charge in [0.05, 0.1) is 5.92 Å². The Hall–Kier alpha value is -2.09. The van der Waals surface area contributed by atoms with E-state index < -0.39 is 0 Å². The van der Waals surface area contributed by atoms with E-state index in [9.17, 15) is 4.79 Å². The molecule has 2 aromatic rings. The summed E-state index contributed by atoms with van der Waals surface area (Å²) in [5.74, 6) is 0.882. The predicted octanol–water partition coefficient (Wildman–Crippen LogP) is 4.40. The van der Waals surface area contributed by atoms with Crippen LogP contribution in [0.3, 0.4) is 0 Å². The highest BCUT2D eigenvalue weighted by atomic mass is 16.5. The van der Waals surface area contributed by atoms with E-state index in [-0.39, 0.29) is 11.9 Å². The number of ether oxygens (including phenoxy) is 1. The molecule has 0 bridgehead atoms. The molecule has 0 aliphatic carbocycles. The molecule has 0 aromatic heterocycles. The quantitative estimate of drug-likeness (QED) is 0.602. The second-order valence-corrected chi connectivity index (χ2v) is 6.11. The summed E-state index contributed by atoms with van der Waals surface area (Å²) in [6.07, 6.45) is 0.769. The summed E-state index contributed by atoms with van der Waals surface area (Å²) in [6, 6.07) is 14.5. The lowest BCUT2D eigenvalue weighted by atomic mass is 9.86. The van der Waals surface area contributed by atoms with Gasteiger partial charge in [-0.1, -0.05) is 44.2 Å². The van der Waals surface area contributed by atoms with Crippen LogP contribution in [0.5, 0.6) is 5.75 Å². The van der Waals surface area contributed by atoms with E-state index in [1.807, 2.05) is 18.2 Å². The maximum absolute atomic E-state index is 12.0. The lowest BCUT2D eigenvalue weighted by Gasteiger charge is -2.26. The minimum absolute atomic E-state index is 0.0374. The fourth-order valence-corrected chi connectivity index (χ4v) is 2.92. The van der Waals surface area contributed by atoms with Crippen molar-refractivity contribution in [2.24, 2.45) is 11.8 Å². The molecule has 2 aromatic carbocycles. The Morgan fingerprint density at radius 1 is 1.14 bits per heavy atom. The highest BCUT2D eigenvalue weighted by Crippen LogP contribution is 2.35. The molecule has 21 heavy (non-hydrogen) atoms. The molecule has 2 nitrogen and oxygen atoms in total. The number of esters is 1. The summed E-state index contributed by atoms with van der Waals surface area (Å²) in [7, 11) is 0. The molecule has 1 atom stereocenters. The Morgan fingerprint density at radius 3 is 2.62 bits per heavy atom. The van der Waals surface area contributed by atoms with E-state index in [0.717, 1.165) is 12.0 Å². The lowest BCUT2D eigenvalue weighted by molar-refractivity contribution is -0.141. The average Bonchev–Trinajstić information content (AvgIpc) is 2.46. The first-order chi connectivity index (χ1) is 10.1. The molecule has 1 heterocycles. The summed E-state index contributed by atoms with van der Waals surface area (Å²) >= 11 is 0. The van der Waals surface area contributed by atoms with Crippen LogP contribution in [0.15, 0.2) is 42.5 Å². The third kappa shape index (κ3) is 2.58. The van der Waals surface area contributed by atoms with Crippen LogP contribution in [0.2, 0.25) is 0 Å². The van der Waals surface area contributed by atoms with Gasteiger partial charge in [-0.05, 0) is 53.6 Å². The Balaban J connectivity index is 2.01. The van der Waals surface area contributed by atoms with Crippen molar-refractivity contribution in [3.63, 3.8) is 0 Å². The molecule has 0 radical (unpaired) electrons. The van der Waals surface area contributed by atoms with E-state index in [4.69, 9.17) is 4.74 Å². The normalized spacial score (nSPS) is 17.5. The van der Waals surface area contributed by atoms with Crippen molar-refractivity contribution in [1.29, 1.82) is 0 Å². The van der Waals surface area contributed by atoms with Crippen molar-refractivity contribution in [2.45, 2.75) is 27.2 Å². The van der Waals surface area contributed by atoms with Crippen molar-refractivity contribution in [1.82, 2.24) is 0 Å². The van der Waals surface area contributed by atoms with E-state index in [2.05, 4.69) is 45.0 Å². The molecule has 0 saturated heterocycles. The minimum Gasteiger partial charge on any atom is -0.426 e. The fraction of sp³-hybridized carbons (Fsp3) is 0.316. The van der Waals surface area contributed by atoms with Crippen molar-refractivity contribution >= 4 is 5.97 Å². The molecule has 1 aliphatic rings. The standard InChI is InChI=1S/C19H20O2/c1-12(2)17-11-15-10-14(8-9-18(15)21-19(17)20)16-7-5-4-6-13(16)3/h4-10,12,17H,11H2,1-3H3/t17-/m0/s1.